The molecule has 0 aliphatic rings. The van der Waals surface area contributed by atoms with Gasteiger partial charge in [0.2, 0.25) is 0 Å². The summed E-state index contributed by atoms with van der Waals surface area (Å²) in [5, 5.41) is 0. The lowest BCUT2D eigenvalue weighted by atomic mass is 10.2. The molecular weight excluding hydrogens is 270 g/mol. The first-order valence-corrected chi connectivity index (χ1v) is 7.40. The van der Waals surface area contributed by atoms with Crippen molar-refractivity contribution in [3.8, 4) is 11.5 Å². The number of methoxy groups -OCH3 is 2. The predicted octanol–water partition coefficient (Wildman–Crippen LogP) is 3.62. The average molecular weight is 289 g/mol. The first-order valence-electron chi connectivity index (χ1n) is 6.42. The van der Waals surface area contributed by atoms with Gasteiger partial charge in [0.05, 0.1) is 14.2 Å². The minimum absolute atomic E-state index is 0.723. The standard InChI is InChI=1S/C16H19NO2S/c1-18-14-6-3-12(4-7-14)9-10-20-16-8-5-13(17)11-15(16)19-2/h3-8,11H,9-10,17H2,1-2H3. The molecule has 2 rings (SSSR count). The quantitative estimate of drug-likeness (QED) is 0.651. The van der Waals surface area contributed by atoms with Crippen LogP contribution < -0.4 is 15.2 Å². The molecule has 0 heterocycles. The molecule has 0 aliphatic carbocycles. The lowest BCUT2D eigenvalue weighted by molar-refractivity contribution is 0.405. The molecule has 0 radical (unpaired) electrons. The van der Waals surface area contributed by atoms with Crippen molar-refractivity contribution in [3.05, 3.63) is 48.0 Å². The van der Waals surface area contributed by atoms with Crippen LogP contribution in [-0.2, 0) is 6.42 Å². The lowest BCUT2D eigenvalue weighted by Gasteiger charge is -2.09. The molecule has 2 aromatic rings. The molecule has 0 aliphatic heterocycles. The van der Waals surface area contributed by atoms with Gasteiger partial charge in [-0.2, -0.15) is 0 Å². The second kappa shape index (κ2) is 7.10. The topological polar surface area (TPSA) is 44.5 Å². The molecule has 0 atom stereocenters. The van der Waals surface area contributed by atoms with Crippen LogP contribution in [0.2, 0.25) is 0 Å². The molecule has 0 unspecified atom stereocenters. The van der Waals surface area contributed by atoms with E-state index in [1.807, 2.05) is 30.3 Å². The first kappa shape index (κ1) is 14.6. The summed E-state index contributed by atoms with van der Waals surface area (Å²) in [5.41, 5.74) is 7.77. The maximum absolute atomic E-state index is 5.75. The second-order valence-corrected chi connectivity index (χ2v) is 5.49. The Labute approximate surface area is 124 Å². The van der Waals surface area contributed by atoms with Crippen molar-refractivity contribution < 1.29 is 9.47 Å². The molecule has 0 amide bonds. The Morgan fingerprint density at radius 2 is 1.75 bits per heavy atom. The summed E-state index contributed by atoms with van der Waals surface area (Å²) in [5.74, 6) is 2.72. The third kappa shape index (κ3) is 3.84. The van der Waals surface area contributed by atoms with Crippen molar-refractivity contribution in [2.75, 3.05) is 25.7 Å². The van der Waals surface area contributed by atoms with Crippen LogP contribution in [-0.4, -0.2) is 20.0 Å². The maximum atomic E-state index is 5.75. The van der Waals surface area contributed by atoms with E-state index in [0.29, 0.717) is 0 Å². The van der Waals surface area contributed by atoms with Gasteiger partial charge in [0.1, 0.15) is 11.5 Å². The lowest BCUT2D eigenvalue weighted by Crippen LogP contribution is -1.93. The number of nitrogens with two attached hydrogens (primary N) is 1. The van der Waals surface area contributed by atoms with Gasteiger partial charge in [0.25, 0.3) is 0 Å². The van der Waals surface area contributed by atoms with Gasteiger partial charge in [0.15, 0.2) is 0 Å². The van der Waals surface area contributed by atoms with E-state index in [0.717, 1.165) is 34.3 Å². The van der Waals surface area contributed by atoms with Crippen molar-refractivity contribution in [1.82, 2.24) is 0 Å². The molecular formula is C16H19NO2S. The highest BCUT2D eigenvalue weighted by Gasteiger charge is 2.04. The summed E-state index contributed by atoms with van der Waals surface area (Å²) in [6.07, 6.45) is 1.00. The molecule has 0 saturated carbocycles. The van der Waals surface area contributed by atoms with E-state index in [1.165, 1.54) is 5.56 Å². The summed E-state index contributed by atoms with van der Waals surface area (Å²) in [6, 6.07) is 13.9. The maximum Gasteiger partial charge on any atom is 0.134 e. The molecule has 2 aromatic carbocycles. The molecule has 0 bridgehead atoms. The molecule has 2 N–H and O–H groups in total. The van der Waals surface area contributed by atoms with E-state index in [2.05, 4.69) is 12.1 Å². The highest BCUT2D eigenvalue weighted by molar-refractivity contribution is 7.99. The Hall–Kier alpha value is -1.81. The van der Waals surface area contributed by atoms with Crippen molar-refractivity contribution in [3.63, 3.8) is 0 Å². The average Bonchev–Trinajstić information content (AvgIpc) is 2.49. The molecule has 106 valence electrons. The van der Waals surface area contributed by atoms with Gasteiger partial charge in [-0.15, -0.1) is 11.8 Å². The first-order chi connectivity index (χ1) is 9.72. The van der Waals surface area contributed by atoms with Gasteiger partial charge in [0, 0.05) is 22.4 Å². The van der Waals surface area contributed by atoms with Crippen LogP contribution in [0.15, 0.2) is 47.4 Å². The SMILES string of the molecule is COc1ccc(CCSc2ccc(N)cc2OC)cc1. The molecule has 4 heteroatoms. The normalized spacial score (nSPS) is 10.3. The summed E-state index contributed by atoms with van der Waals surface area (Å²) >= 11 is 1.77. The second-order valence-electron chi connectivity index (χ2n) is 4.36. The monoisotopic (exact) mass is 289 g/mol. The largest absolute Gasteiger partial charge is 0.497 e. The molecule has 3 nitrogen and oxygen atoms in total. The Morgan fingerprint density at radius 1 is 1.00 bits per heavy atom. The van der Waals surface area contributed by atoms with Crippen molar-refractivity contribution in [1.29, 1.82) is 0 Å². The van der Waals surface area contributed by atoms with Gasteiger partial charge in [-0.3, -0.25) is 0 Å². The number of thioether (sulfide) groups is 1. The van der Waals surface area contributed by atoms with E-state index in [-0.39, 0.29) is 0 Å². The number of rotatable bonds is 6. The van der Waals surface area contributed by atoms with E-state index in [1.54, 1.807) is 26.0 Å². The summed E-state index contributed by atoms with van der Waals surface area (Å²) in [6.45, 7) is 0. The summed E-state index contributed by atoms with van der Waals surface area (Å²) < 4.78 is 10.5. The Morgan fingerprint density at radius 3 is 2.40 bits per heavy atom. The van der Waals surface area contributed by atoms with Crippen molar-refractivity contribution in [2.24, 2.45) is 0 Å². The summed E-state index contributed by atoms with van der Waals surface area (Å²) in [4.78, 5) is 1.12. The minimum Gasteiger partial charge on any atom is -0.497 e. The minimum atomic E-state index is 0.723. The fraction of sp³-hybridized carbons (Fsp3) is 0.250. The number of hydrogen-bond donors (Lipinski definition) is 1. The van der Waals surface area contributed by atoms with Crippen molar-refractivity contribution in [2.45, 2.75) is 11.3 Å². The van der Waals surface area contributed by atoms with E-state index in [4.69, 9.17) is 15.2 Å². The van der Waals surface area contributed by atoms with Gasteiger partial charge in [-0.1, -0.05) is 12.1 Å². The zero-order valence-electron chi connectivity index (χ0n) is 11.8. The van der Waals surface area contributed by atoms with Crippen LogP contribution in [0.1, 0.15) is 5.56 Å². The van der Waals surface area contributed by atoms with Crippen molar-refractivity contribution >= 4 is 17.4 Å². The van der Waals surface area contributed by atoms with Crippen LogP contribution in [0.25, 0.3) is 0 Å². The van der Waals surface area contributed by atoms with Crippen LogP contribution >= 0.6 is 11.8 Å². The predicted molar refractivity (Wildman–Crippen MR) is 84.8 cm³/mol. The third-order valence-corrected chi connectivity index (χ3v) is 4.05. The van der Waals surface area contributed by atoms with E-state index in [9.17, 15) is 0 Å². The van der Waals surface area contributed by atoms with Gasteiger partial charge < -0.3 is 15.2 Å². The Balaban J connectivity index is 1.92. The zero-order valence-corrected chi connectivity index (χ0v) is 12.6. The smallest absolute Gasteiger partial charge is 0.134 e. The van der Waals surface area contributed by atoms with Gasteiger partial charge in [-0.05, 0) is 36.2 Å². The fourth-order valence-electron chi connectivity index (χ4n) is 1.87. The summed E-state index contributed by atoms with van der Waals surface area (Å²) in [7, 11) is 3.35. The number of benzene rings is 2. The highest BCUT2D eigenvalue weighted by Crippen LogP contribution is 2.31. The third-order valence-electron chi connectivity index (χ3n) is 3.00. The zero-order chi connectivity index (χ0) is 14.4. The highest BCUT2D eigenvalue weighted by atomic mass is 32.2. The number of nitrogen functional groups attached to an aromatic ring is 1. The van der Waals surface area contributed by atoms with Crippen LogP contribution in [0.5, 0.6) is 11.5 Å². The molecule has 0 aromatic heterocycles. The number of hydrogen-bond acceptors (Lipinski definition) is 4. The van der Waals surface area contributed by atoms with Gasteiger partial charge >= 0.3 is 0 Å². The number of anilines is 1. The fourth-order valence-corrected chi connectivity index (χ4v) is 2.88. The Bertz CT molecular complexity index is 555. The molecule has 0 saturated heterocycles. The van der Waals surface area contributed by atoms with Gasteiger partial charge in [-0.25, -0.2) is 0 Å². The number of ether oxygens (including phenoxy) is 2. The molecule has 0 fully saturated rings. The molecule has 0 spiro atoms. The Kier molecular flexibility index (Phi) is 5.18. The van der Waals surface area contributed by atoms with E-state index < -0.39 is 0 Å². The van der Waals surface area contributed by atoms with Crippen LogP contribution in [0.4, 0.5) is 5.69 Å². The van der Waals surface area contributed by atoms with Crippen LogP contribution in [0.3, 0.4) is 0 Å². The van der Waals surface area contributed by atoms with E-state index >= 15 is 0 Å². The van der Waals surface area contributed by atoms with Crippen LogP contribution in [0, 0.1) is 0 Å². The number of aryl methyl sites for hydroxylation is 1. The molecule has 20 heavy (non-hydrogen) atoms.